The predicted molar refractivity (Wildman–Crippen MR) is 87.9 cm³/mol. The SMILES string of the molecule is O=C(C[C@@H]1C(=O)OC[C@@H]2CCCC[NH+]21)Nc1ccc(Cl)c(C(F)(F)F)c1. The van der Waals surface area contributed by atoms with Crippen LogP contribution in [0.2, 0.25) is 5.02 Å². The normalized spacial score (nSPS) is 26.0. The number of anilines is 1. The van der Waals surface area contributed by atoms with E-state index in [4.69, 9.17) is 16.3 Å². The van der Waals surface area contributed by atoms with E-state index >= 15 is 0 Å². The van der Waals surface area contributed by atoms with Crippen molar-refractivity contribution in [2.75, 3.05) is 18.5 Å². The lowest BCUT2D eigenvalue weighted by molar-refractivity contribution is -0.951. The summed E-state index contributed by atoms with van der Waals surface area (Å²) in [4.78, 5) is 25.4. The molecule has 0 radical (unpaired) electrons. The molecule has 1 aromatic carbocycles. The molecule has 0 spiro atoms. The number of benzene rings is 1. The number of piperidine rings is 1. The lowest BCUT2D eigenvalue weighted by Gasteiger charge is -2.40. The van der Waals surface area contributed by atoms with Crippen LogP contribution in [0.25, 0.3) is 0 Å². The fraction of sp³-hybridized carbons (Fsp3) is 0.529. The quantitative estimate of drug-likeness (QED) is 0.775. The van der Waals surface area contributed by atoms with Crippen LogP contribution in [0.1, 0.15) is 31.2 Å². The van der Waals surface area contributed by atoms with Crippen LogP contribution in [-0.2, 0) is 20.5 Å². The Morgan fingerprint density at radius 1 is 1.35 bits per heavy atom. The van der Waals surface area contributed by atoms with Gasteiger partial charge in [-0.05, 0) is 31.0 Å². The van der Waals surface area contributed by atoms with Crippen LogP contribution in [0.5, 0.6) is 0 Å². The number of ether oxygens (including phenoxy) is 1. The van der Waals surface area contributed by atoms with Crippen molar-refractivity contribution in [3.63, 3.8) is 0 Å². The van der Waals surface area contributed by atoms with Gasteiger partial charge in [0.1, 0.15) is 12.6 Å². The van der Waals surface area contributed by atoms with E-state index in [2.05, 4.69) is 5.32 Å². The predicted octanol–water partition coefficient (Wildman–Crippen LogP) is 2.05. The molecule has 2 fully saturated rings. The molecule has 3 rings (SSSR count). The van der Waals surface area contributed by atoms with Gasteiger partial charge in [0.25, 0.3) is 0 Å². The first-order chi connectivity index (χ1) is 12.3. The van der Waals surface area contributed by atoms with E-state index in [9.17, 15) is 22.8 Å². The van der Waals surface area contributed by atoms with Gasteiger partial charge in [-0.25, -0.2) is 4.79 Å². The maximum absolute atomic E-state index is 12.9. The number of esters is 1. The molecule has 0 saturated carbocycles. The molecule has 2 heterocycles. The minimum atomic E-state index is -4.61. The van der Waals surface area contributed by atoms with E-state index in [1.807, 2.05) is 0 Å². The van der Waals surface area contributed by atoms with E-state index in [1.165, 1.54) is 6.07 Å². The second-order valence-electron chi connectivity index (χ2n) is 6.64. The molecule has 2 aliphatic rings. The van der Waals surface area contributed by atoms with Crippen molar-refractivity contribution in [2.24, 2.45) is 0 Å². The molecular weight excluding hydrogens is 373 g/mol. The summed E-state index contributed by atoms with van der Waals surface area (Å²) in [6.07, 6.45) is -1.77. The zero-order valence-corrected chi connectivity index (χ0v) is 14.6. The molecule has 0 aromatic heterocycles. The van der Waals surface area contributed by atoms with E-state index in [1.54, 1.807) is 0 Å². The smallest absolute Gasteiger partial charge is 0.417 e. The van der Waals surface area contributed by atoms with Crippen LogP contribution in [0.3, 0.4) is 0 Å². The third kappa shape index (κ3) is 4.12. The number of morpholine rings is 1. The number of carbonyl (C=O) groups is 2. The first-order valence-corrected chi connectivity index (χ1v) is 8.82. The highest BCUT2D eigenvalue weighted by Crippen LogP contribution is 2.36. The average Bonchev–Trinajstić information content (AvgIpc) is 2.58. The number of quaternary nitrogens is 1. The number of nitrogens with one attached hydrogen (secondary N) is 2. The Hall–Kier alpha value is -1.80. The second kappa shape index (κ2) is 7.44. The number of rotatable bonds is 3. The zero-order valence-electron chi connectivity index (χ0n) is 13.9. The topological polar surface area (TPSA) is 59.8 Å². The van der Waals surface area contributed by atoms with Gasteiger partial charge in [-0.2, -0.15) is 13.2 Å². The van der Waals surface area contributed by atoms with Crippen molar-refractivity contribution < 1.29 is 32.4 Å². The standard InChI is InChI=1S/C17H18ClF3N2O3/c18-13-5-4-10(7-12(13)17(19,20)21)22-15(24)8-14-16(25)26-9-11-3-1-2-6-23(11)14/h4-5,7,11,14H,1-3,6,8-9H2,(H,22,24)/p+1/t11-,14+/m0/s1. The van der Waals surface area contributed by atoms with Crippen LogP contribution in [0, 0.1) is 0 Å². The average molecular weight is 392 g/mol. The number of fused-ring (bicyclic) bond motifs is 1. The maximum atomic E-state index is 12.9. The molecule has 9 heteroatoms. The van der Waals surface area contributed by atoms with Crippen molar-refractivity contribution in [1.82, 2.24) is 0 Å². The van der Waals surface area contributed by atoms with Gasteiger partial charge in [0, 0.05) is 12.1 Å². The highest BCUT2D eigenvalue weighted by molar-refractivity contribution is 6.31. The zero-order chi connectivity index (χ0) is 18.9. The Bertz CT molecular complexity index is 711. The summed E-state index contributed by atoms with van der Waals surface area (Å²) in [7, 11) is 0. The fourth-order valence-corrected chi connectivity index (χ4v) is 3.85. The van der Waals surface area contributed by atoms with Crippen molar-refractivity contribution >= 4 is 29.2 Å². The summed E-state index contributed by atoms with van der Waals surface area (Å²) in [5, 5.41) is 1.99. The van der Waals surface area contributed by atoms with Crippen molar-refractivity contribution in [2.45, 2.75) is 43.9 Å². The van der Waals surface area contributed by atoms with Crippen molar-refractivity contribution in [1.29, 1.82) is 0 Å². The third-order valence-corrected chi connectivity index (χ3v) is 5.23. The summed E-state index contributed by atoms with van der Waals surface area (Å²) in [6.45, 7) is 1.15. The van der Waals surface area contributed by atoms with E-state index in [0.29, 0.717) is 6.61 Å². The number of hydrogen-bond donors (Lipinski definition) is 2. The molecule has 3 atom stereocenters. The number of halogens is 4. The van der Waals surface area contributed by atoms with Gasteiger partial charge in [0.2, 0.25) is 5.91 Å². The summed E-state index contributed by atoms with van der Waals surface area (Å²) in [5.41, 5.74) is -1.03. The molecule has 1 unspecified atom stereocenters. The number of cyclic esters (lactones) is 1. The first kappa shape index (κ1) is 19.0. The summed E-state index contributed by atoms with van der Waals surface area (Å²) < 4.78 is 43.9. The van der Waals surface area contributed by atoms with Gasteiger partial charge in [-0.15, -0.1) is 0 Å². The first-order valence-electron chi connectivity index (χ1n) is 8.44. The summed E-state index contributed by atoms with van der Waals surface area (Å²) in [6, 6.07) is 2.73. The molecule has 2 N–H and O–H groups in total. The van der Waals surface area contributed by atoms with E-state index < -0.39 is 34.7 Å². The van der Waals surface area contributed by atoms with Gasteiger partial charge in [0.05, 0.1) is 23.6 Å². The Morgan fingerprint density at radius 3 is 2.85 bits per heavy atom. The maximum Gasteiger partial charge on any atom is 0.417 e. The second-order valence-corrected chi connectivity index (χ2v) is 7.05. The van der Waals surface area contributed by atoms with Crippen LogP contribution >= 0.6 is 11.6 Å². The van der Waals surface area contributed by atoms with Crippen LogP contribution in [-0.4, -0.2) is 37.1 Å². The Kier molecular flexibility index (Phi) is 5.43. The molecule has 1 aromatic rings. The molecular formula is C17H19ClF3N2O3+. The third-order valence-electron chi connectivity index (χ3n) is 4.90. The molecule has 26 heavy (non-hydrogen) atoms. The molecule has 0 bridgehead atoms. The minimum Gasteiger partial charge on any atom is -0.455 e. The number of hydrogen-bond acceptors (Lipinski definition) is 3. The van der Waals surface area contributed by atoms with E-state index in [-0.39, 0.29) is 18.2 Å². The van der Waals surface area contributed by atoms with Crippen molar-refractivity contribution in [3.05, 3.63) is 28.8 Å². The van der Waals surface area contributed by atoms with Gasteiger partial charge < -0.3 is 15.0 Å². The number of amides is 1. The van der Waals surface area contributed by atoms with E-state index in [0.717, 1.165) is 42.8 Å². The Labute approximate surface area is 153 Å². The molecule has 5 nitrogen and oxygen atoms in total. The van der Waals surface area contributed by atoms with Gasteiger partial charge >= 0.3 is 12.1 Å². The monoisotopic (exact) mass is 391 g/mol. The number of alkyl halides is 3. The number of carbonyl (C=O) groups excluding carboxylic acids is 2. The lowest BCUT2D eigenvalue weighted by atomic mass is 9.97. The summed E-state index contributed by atoms with van der Waals surface area (Å²) >= 11 is 5.57. The van der Waals surface area contributed by atoms with Crippen LogP contribution in [0.4, 0.5) is 18.9 Å². The Balaban J connectivity index is 1.69. The van der Waals surface area contributed by atoms with Crippen LogP contribution < -0.4 is 10.2 Å². The molecule has 2 saturated heterocycles. The van der Waals surface area contributed by atoms with Gasteiger partial charge in [0.15, 0.2) is 6.04 Å². The fourth-order valence-electron chi connectivity index (χ4n) is 3.63. The molecule has 1 amide bonds. The minimum absolute atomic E-state index is 0.0129. The Morgan fingerprint density at radius 2 is 2.12 bits per heavy atom. The molecule has 0 aliphatic carbocycles. The lowest BCUT2D eigenvalue weighted by Crippen LogP contribution is -3.22. The highest BCUT2D eigenvalue weighted by Gasteiger charge is 2.44. The van der Waals surface area contributed by atoms with Crippen LogP contribution in [0.15, 0.2) is 18.2 Å². The highest BCUT2D eigenvalue weighted by atomic mass is 35.5. The molecule has 2 aliphatic heterocycles. The van der Waals surface area contributed by atoms with Gasteiger partial charge in [-0.1, -0.05) is 11.6 Å². The summed E-state index contributed by atoms with van der Waals surface area (Å²) in [5.74, 6) is -0.957. The van der Waals surface area contributed by atoms with Crippen molar-refractivity contribution in [3.8, 4) is 0 Å². The molecule has 142 valence electrons. The largest absolute Gasteiger partial charge is 0.455 e. The van der Waals surface area contributed by atoms with Gasteiger partial charge in [-0.3, -0.25) is 4.79 Å².